The number of aromatic amines is 1. The van der Waals surface area contributed by atoms with Crippen LogP contribution in [0.5, 0.6) is 0 Å². The molecule has 3 rings (SSSR count). The van der Waals surface area contributed by atoms with Gasteiger partial charge < -0.3 is 4.98 Å². The summed E-state index contributed by atoms with van der Waals surface area (Å²) in [5.74, 6) is 0.125. The second kappa shape index (κ2) is 6.91. The molecule has 0 bridgehead atoms. The van der Waals surface area contributed by atoms with Crippen LogP contribution in [0.4, 0.5) is 0 Å². The van der Waals surface area contributed by atoms with E-state index in [0.29, 0.717) is 16.7 Å². The first kappa shape index (κ1) is 18.1. The molecule has 136 valence electrons. The third-order valence-corrected chi connectivity index (χ3v) is 6.21. The molecule has 1 aromatic heterocycles. The number of ketones is 2. The summed E-state index contributed by atoms with van der Waals surface area (Å²) in [7, 11) is 0. The maximum Gasteiger partial charge on any atom is 0.196 e. The minimum atomic E-state index is -0.153. The fourth-order valence-corrected chi connectivity index (χ4v) is 4.79. The lowest BCUT2D eigenvalue weighted by molar-refractivity contribution is 0.0460. The lowest BCUT2D eigenvalue weighted by Crippen LogP contribution is -2.50. The summed E-state index contributed by atoms with van der Waals surface area (Å²) in [6.45, 7) is 9.31. The van der Waals surface area contributed by atoms with Crippen molar-refractivity contribution in [3.8, 4) is 0 Å². The molecule has 2 atom stereocenters. The number of hydrogen-bond acceptors (Lipinski definition) is 3. The normalized spacial score (nSPS) is 25.3. The molecular formula is C21H30N2O2. The average Bonchev–Trinajstić information content (AvgIpc) is 2.89. The molecule has 0 aromatic carbocycles. The van der Waals surface area contributed by atoms with E-state index in [2.05, 4.69) is 22.0 Å². The van der Waals surface area contributed by atoms with E-state index in [1.54, 1.807) is 6.92 Å². The van der Waals surface area contributed by atoms with E-state index < -0.39 is 0 Å². The second-order valence-electron chi connectivity index (χ2n) is 8.01. The number of aryl methyl sites for hydroxylation is 1. The average molecular weight is 342 g/mol. The molecule has 0 radical (unpaired) electrons. The van der Waals surface area contributed by atoms with Crippen molar-refractivity contribution in [1.82, 2.24) is 9.88 Å². The topological polar surface area (TPSA) is 53.2 Å². The van der Waals surface area contributed by atoms with Crippen molar-refractivity contribution in [2.45, 2.75) is 65.8 Å². The van der Waals surface area contributed by atoms with Crippen LogP contribution in [0, 0.1) is 19.3 Å². The highest BCUT2D eigenvalue weighted by Gasteiger charge is 2.38. The zero-order chi connectivity index (χ0) is 18.2. The lowest BCUT2D eigenvalue weighted by atomic mass is 9.71. The van der Waals surface area contributed by atoms with Crippen molar-refractivity contribution in [1.29, 1.82) is 0 Å². The van der Waals surface area contributed by atoms with Gasteiger partial charge in [-0.3, -0.25) is 14.5 Å². The lowest BCUT2D eigenvalue weighted by Gasteiger charge is -2.45. The number of aromatic nitrogens is 1. The Hall–Kier alpha value is -1.68. The van der Waals surface area contributed by atoms with Crippen LogP contribution in [0.2, 0.25) is 0 Å². The van der Waals surface area contributed by atoms with Gasteiger partial charge in [0.15, 0.2) is 11.6 Å². The molecule has 1 saturated heterocycles. The number of nitrogens with zero attached hydrogens (tertiary/aromatic N) is 1. The number of carbonyl (C=O) groups is 2. The Morgan fingerprint density at radius 3 is 2.60 bits per heavy atom. The number of nitrogens with one attached hydrogen (secondary N) is 1. The number of piperidine rings is 1. The van der Waals surface area contributed by atoms with Gasteiger partial charge in [-0.25, -0.2) is 0 Å². The second-order valence-corrected chi connectivity index (χ2v) is 8.01. The molecule has 2 heterocycles. The van der Waals surface area contributed by atoms with Crippen LogP contribution in [0.15, 0.2) is 12.2 Å². The molecule has 1 N–H and O–H groups in total. The van der Waals surface area contributed by atoms with Crippen molar-refractivity contribution in [3.05, 3.63) is 34.7 Å². The van der Waals surface area contributed by atoms with Gasteiger partial charge in [0.05, 0.1) is 11.7 Å². The Bertz CT molecular complexity index is 716. The SMILES string of the molecule is CC(=O)c1c(C)[nH]c(C(=O)[C@H](C)N2CCC[C@]3(CC=CCC3)C2)c1C. The first-order valence-corrected chi connectivity index (χ1v) is 9.48. The molecule has 4 nitrogen and oxygen atoms in total. The molecule has 1 aromatic rings. The summed E-state index contributed by atoms with van der Waals surface area (Å²) < 4.78 is 0. The molecule has 2 aliphatic rings. The van der Waals surface area contributed by atoms with Gasteiger partial charge in [-0.15, -0.1) is 0 Å². The van der Waals surface area contributed by atoms with Gasteiger partial charge in [-0.1, -0.05) is 12.2 Å². The highest BCUT2D eigenvalue weighted by molar-refractivity contribution is 6.05. The number of H-pyrrole nitrogens is 1. The van der Waals surface area contributed by atoms with Crippen LogP contribution in [0.25, 0.3) is 0 Å². The highest BCUT2D eigenvalue weighted by Crippen LogP contribution is 2.41. The fraction of sp³-hybridized carbons (Fsp3) is 0.619. The van der Waals surface area contributed by atoms with Gasteiger partial charge in [-0.2, -0.15) is 0 Å². The van der Waals surface area contributed by atoms with E-state index >= 15 is 0 Å². The summed E-state index contributed by atoms with van der Waals surface area (Å²) in [6.07, 6.45) is 10.6. The van der Waals surface area contributed by atoms with Crippen LogP contribution in [-0.2, 0) is 0 Å². The molecule has 1 aliphatic heterocycles. The Morgan fingerprint density at radius 1 is 1.24 bits per heavy atom. The van der Waals surface area contributed by atoms with Crippen molar-refractivity contribution in [3.63, 3.8) is 0 Å². The largest absolute Gasteiger partial charge is 0.355 e. The minimum absolute atomic E-state index is 0.0175. The Kier molecular flexibility index (Phi) is 5.01. The van der Waals surface area contributed by atoms with Gasteiger partial charge in [-0.05, 0) is 77.3 Å². The Morgan fingerprint density at radius 2 is 2.00 bits per heavy atom. The van der Waals surface area contributed by atoms with Crippen LogP contribution in [0.1, 0.15) is 78.1 Å². The molecule has 1 aliphatic carbocycles. The van der Waals surface area contributed by atoms with Crippen molar-refractivity contribution in [2.75, 3.05) is 13.1 Å². The first-order valence-electron chi connectivity index (χ1n) is 9.48. The minimum Gasteiger partial charge on any atom is -0.355 e. The molecular weight excluding hydrogens is 312 g/mol. The third kappa shape index (κ3) is 3.37. The summed E-state index contributed by atoms with van der Waals surface area (Å²) in [5.41, 5.74) is 3.23. The summed E-state index contributed by atoms with van der Waals surface area (Å²) in [5, 5.41) is 0. The van der Waals surface area contributed by atoms with Gasteiger partial charge in [0.1, 0.15) is 0 Å². The van der Waals surface area contributed by atoms with E-state index in [1.807, 2.05) is 20.8 Å². The Labute approximate surface area is 150 Å². The first-order chi connectivity index (χ1) is 11.8. The van der Waals surface area contributed by atoms with E-state index in [4.69, 9.17) is 0 Å². The third-order valence-electron chi connectivity index (χ3n) is 6.21. The number of allylic oxidation sites excluding steroid dienone is 2. The number of Topliss-reactive ketones (excluding diaryl/α,β-unsaturated/α-hetero) is 2. The van der Waals surface area contributed by atoms with Gasteiger partial charge in [0.2, 0.25) is 0 Å². The van der Waals surface area contributed by atoms with Gasteiger partial charge >= 0.3 is 0 Å². The van der Waals surface area contributed by atoms with E-state index in [9.17, 15) is 9.59 Å². The predicted molar refractivity (Wildman–Crippen MR) is 100 cm³/mol. The predicted octanol–water partition coefficient (Wildman–Crippen LogP) is 4.23. The Balaban J connectivity index is 1.80. The van der Waals surface area contributed by atoms with Gasteiger partial charge in [0, 0.05) is 17.8 Å². The molecule has 0 unspecified atom stereocenters. The van der Waals surface area contributed by atoms with Crippen molar-refractivity contribution < 1.29 is 9.59 Å². The molecule has 25 heavy (non-hydrogen) atoms. The quantitative estimate of drug-likeness (QED) is 0.658. The van der Waals surface area contributed by atoms with Gasteiger partial charge in [0.25, 0.3) is 0 Å². The van der Waals surface area contributed by atoms with Crippen LogP contribution >= 0.6 is 0 Å². The number of hydrogen-bond donors (Lipinski definition) is 1. The number of rotatable bonds is 4. The standard InChI is InChI=1S/C21H30N2O2/c1-14-18(17(4)24)15(2)22-19(14)20(25)16(3)23-12-8-11-21(13-23)9-6-5-7-10-21/h5-6,16,22H,7-13H2,1-4H3/t16-,21+/m0/s1. The highest BCUT2D eigenvalue weighted by atomic mass is 16.1. The molecule has 1 spiro atoms. The zero-order valence-electron chi connectivity index (χ0n) is 15.9. The molecule has 1 fully saturated rings. The summed E-state index contributed by atoms with van der Waals surface area (Å²) >= 11 is 0. The maximum absolute atomic E-state index is 13.1. The van der Waals surface area contributed by atoms with E-state index in [0.717, 1.165) is 43.6 Å². The van der Waals surface area contributed by atoms with Crippen molar-refractivity contribution in [2.24, 2.45) is 5.41 Å². The molecule has 0 amide bonds. The van der Waals surface area contributed by atoms with Crippen LogP contribution in [0.3, 0.4) is 0 Å². The molecule has 4 heteroatoms. The summed E-state index contributed by atoms with van der Waals surface area (Å²) in [4.78, 5) is 30.5. The van der Waals surface area contributed by atoms with Crippen LogP contribution in [-0.4, -0.2) is 40.6 Å². The number of carbonyl (C=O) groups excluding carboxylic acids is 2. The van der Waals surface area contributed by atoms with E-state index in [-0.39, 0.29) is 17.6 Å². The summed E-state index contributed by atoms with van der Waals surface area (Å²) in [6, 6.07) is -0.153. The fourth-order valence-electron chi connectivity index (χ4n) is 4.79. The molecule has 0 saturated carbocycles. The zero-order valence-corrected chi connectivity index (χ0v) is 15.9. The number of likely N-dealkylation sites (tertiary alicyclic amines) is 1. The van der Waals surface area contributed by atoms with Crippen molar-refractivity contribution >= 4 is 11.6 Å². The smallest absolute Gasteiger partial charge is 0.196 e. The van der Waals surface area contributed by atoms with Crippen LogP contribution < -0.4 is 0 Å². The van der Waals surface area contributed by atoms with E-state index in [1.165, 1.54) is 12.8 Å². The maximum atomic E-state index is 13.1. The monoisotopic (exact) mass is 342 g/mol.